The fourth-order valence-electron chi connectivity index (χ4n) is 7.03. The molecular formula is C26H34N2O2. The van der Waals surface area contributed by atoms with Crippen molar-refractivity contribution in [2.45, 2.75) is 64.0 Å². The Bertz CT molecular complexity index is 968. The Morgan fingerprint density at radius 2 is 2.07 bits per heavy atom. The van der Waals surface area contributed by atoms with Crippen molar-refractivity contribution in [3.05, 3.63) is 64.1 Å². The van der Waals surface area contributed by atoms with Gasteiger partial charge in [-0.15, -0.1) is 0 Å². The quantitative estimate of drug-likeness (QED) is 0.802. The number of pyridine rings is 1. The number of aromatic nitrogens is 1. The van der Waals surface area contributed by atoms with Crippen molar-refractivity contribution in [1.82, 2.24) is 9.88 Å². The van der Waals surface area contributed by atoms with E-state index in [0.29, 0.717) is 11.5 Å². The maximum atomic E-state index is 12.0. The maximum absolute atomic E-state index is 12.0. The normalized spacial score (nSPS) is 32.2. The highest BCUT2D eigenvalue weighted by atomic mass is 16.5. The summed E-state index contributed by atoms with van der Waals surface area (Å²) in [5.74, 6) is 3.34. The molecule has 1 N–H and O–H groups in total. The Kier molecular flexibility index (Phi) is 5.22. The number of hydrogen-bond donors (Lipinski definition) is 1. The molecule has 0 aliphatic heterocycles. The highest BCUT2D eigenvalue weighted by Crippen LogP contribution is 2.60. The van der Waals surface area contributed by atoms with Crippen LogP contribution >= 0.6 is 0 Å². The monoisotopic (exact) mass is 406 g/mol. The first-order valence-electron chi connectivity index (χ1n) is 11.7. The van der Waals surface area contributed by atoms with Gasteiger partial charge in [-0.25, -0.2) is 0 Å². The van der Waals surface area contributed by atoms with Crippen LogP contribution in [0.15, 0.2) is 47.4 Å². The molecule has 3 aliphatic rings. The second-order valence-corrected chi connectivity index (χ2v) is 9.84. The Balaban J connectivity index is 1.28. The van der Waals surface area contributed by atoms with E-state index in [0.717, 1.165) is 36.6 Å². The van der Waals surface area contributed by atoms with Gasteiger partial charge in [-0.1, -0.05) is 19.1 Å². The average Bonchev–Trinajstić information content (AvgIpc) is 3.11. The number of benzene rings is 1. The summed E-state index contributed by atoms with van der Waals surface area (Å²) < 4.78 is 7.27. The Labute approximate surface area is 179 Å². The van der Waals surface area contributed by atoms with Gasteiger partial charge in [0.15, 0.2) is 0 Å². The fraction of sp³-hybridized carbons (Fsp3) is 0.577. The van der Waals surface area contributed by atoms with Crippen molar-refractivity contribution in [3.8, 4) is 5.75 Å². The first-order chi connectivity index (χ1) is 14.6. The summed E-state index contributed by atoms with van der Waals surface area (Å²) in [4.78, 5) is 12.0. The average molecular weight is 407 g/mol. The van der Waals surface area contributed by atoms with Gasteiger partial charge < -0.3 is 14.6 Å². The summed E-state index contributed by atoms with van der Waals surface area (Å²) in [6, 6.07) is 12.7. The van der Waals surface area contributed by atoms with E-state index in [4.69, 9.17) is 4.74 Å². The number of ether oxygens (including phenoxy) is 1. The van der Waals surface area contributed by atoms with Crippen molar-refractivity contribution in [2.75, 3.05) is 13.7 Å². The molecule has 1 aromatic carbocycles. The second-order valence-electron chi connectivity index (χ2n) is 9.84. The molecule has 0 unspecified atom stereocenters. The number of nitrogens with zero attached hydrogens (tertiary/aromatic N) is 1. The molecule has 0 saturated heterocycles. The molecule has 4 heteroatoms. The van der Waals surface area contributed by atoms with Gasteiger partial charge in [0.1, 0.15) is 5.75 Å². The van der Waals surface area contributed by atoms with Crippen LogP contribution in [-0.4, -0.2) is 24.3 Å². The molecule has 0 bridgehead atoms. The molecule has 4 nitrogen and oxygen atoms in total. The summed E-state index contributed by atoms with van der Waals surface area (Å²) in [6.45, 7) is 4.16. The lowest BCUT2D eigenvalue weighted by atomic mass is 9.55. The van der Waals surface area contributed by atoms with Crippen LogP contribution in [0.4, 0.5) is 0 Å². The van der Waals surface area contributed by atoms with Crippen LogP contribution in [0.1, 0.15) is 56.1 Å². The number of nitrogens with one attached hydrogen (secondary N) is 1. The first kappa shape index (κ1) is 19.9. The predicted molar refractivity (Wildman–Crippen MR) is 120 cm³/mol. The molecule has 1 aromatic heterocycles. The molecule has 0 radical (unpaired) electrons. The van der Waals surface area contributed by atoms with E-state index in [1.165, 1.54) is 44.1 Å². The van der Waals surface area contributed by atoms with Gasteiger partial charge in [0.05, 0.1) is 7.11 Å². The molecule has 5 rings (SSSR count). The van der Waals surface area contributed by atoms with Gasteiger partial charge in [0.25, 0.3) is 5.56 Å². The molecule has 2 saturated carbocycles. The SMILES string of the molecule is COc1ccc2c(c1)CC[C@@H]1[C@@H]2CC[C@]2(C)[C@@H](NCCn3ccccc3=O)CC[C@@H]12. The number of methoxy groups -OCH3 is 1. The predicted octanol–water partition coefficient (Wildman–Crippen LogP) is 4.37. The topological polar surface area (TPSA) is 43.3 Å². The number of aryl methyl sites for hydroxylation is 1. The molecule has 30 heavy (non-hydrogen) atoms. The van der Waals surface area contributed by atoms with Crippen LogP contribution in [0.25, 0.3) is 0 Å². The van der Waals surface area contributed by atoms with Crippen LogP contribution < -0.4 is 15.6 Å². The molecule has 1 heterocycles. The van der Waals surface area contributed by atoms with Crippen molar-refractivity contribution < 1.29 is 4.74 Å². The van der Waals surface area contributed by atoms with Crippen LogP contribution in [0.5, 0.6) is 5.75 Å². The highest BCUT2D eigenvalue weighted by molar-refractivity contribution is 5.40. The van der Waals surface area contributed by atoms with Crippen LogP contribution in [-0.2, 0) is 13.0 Å². The van der Waals surface area contributed by atoms with E-state index in [2.05, 4.69) is 30.4 Å². The van der Waals surface area contributed by atoms with E-state index in [9.17, 15) is 4.79 Å². The van der Waals surface area contributed by atoms with E-state index in [1.54, 1.807) is 18.7 Å². The summed E-state index contributed by atoms with van der Waals surface area (Å²) in [7, 11) is 1.76. The summed E-state index contributed by atoms with van der Waals surface area (Å²) >= 11 is 0. The van der Waals surface area contributed by atoms with Crippen molar-refractivity contribution in [3.63, 3.8) is 0 Å². The smallest absolute Gasteiger partial charge is 0.250 e. The molecule has 5 atom stereocenters. The molecular weight excluding hydrogens is 372 g/mol. The largest absolute Gasteiger partial charge is 0.497 e. The molecule has 160 valence electrons. The zero-order valence-corrected chi connectivity index (χ0v) is 18.3. The van der Waals surface area contributed by atoms with Crippen LogP contribution in [0.3, 0.4) is 0 Å². The standard InChI is InChI=1S/C26H34N2O2/c1-26-13-12-21-20-9-7-19(30-2)17-18(20)6-8-22(21)23(26)10-11-24(26)27-14-16-28-15-4-3-5-25(28)29/h3-5,7,9,15,17,21-24,27H,6,8,10-14,16H2,1-2H3/t21-,22-,23+,24+,26+/m1/s1. The zero-order chi connectivity index (χ0) is 20.7. The first-order valence-corrected chi connectivity index (χ1v) is 11.7. The fourth-order valence-corrected chi connectivity index (χ4v) is 7.03. The van der Waals surface area contributed by atoms with Crippen molar-refractivity contribution in [2.24, 2.45) is 17.3 Å². The van der Waals surface area contributed by atoms with Gasteiger partial charge in [0.2, 0.25) is 0 Å². The lowest BCUT2D eigenvalue weighted by Crippen LogP contribution is -2.49. The second kappa shape index (κ2) is 7.88. The minimum atomic E-state index is 0.0906. The molecule has 0 spiro atoms. The van der Waals surface area contributed by atoms with Gasteiger partial charge in [-0.2, -0.15) is 0 Å². The minimum absolute atomic E-state index is 0.0906. The third kappa shape index (κ3) is 3.30. The third-order valence-corrected chi connectivity index (χ3v) is 8.58. The summed E-state index contributed by atoms with van der Waals surface area (Å²) in [5, 5.41) is 3.85. The van der Waals surface area contributed by atoms with Crippen molar-refractivity contribution >= 4 is 0 Å². The lowest BCUT2D eigenvalue weighted by molar-refractivity contribution is 0.0411. The van der Waals surface area contributed by atoms with Crippen LogP contribution in [0, 0.1) is 17.3 Å². The lowest BCUT2D eigenvalue weighted by Gasteiger charge is -2.51. The molecule has 2 aromatic rings. The molecule has 2 fully saturated rings. The Hall–Kier alpha value is -2.07. The summed E-state index contributed by atoms with van der Waals surface area (Å²) in [6.07, 6.45) is 9.60. The minimum Gasteiger partial charge on any atom is -0.497 e. The third-order valence-electron chi connectivity index (χ3n) is 8.58. The van der Waals surface area contributed by atoms with E-state index in [-0.39, 0.29) is 5.56 Å². The Morgan fingerprint density at radius 1 is 1.17 bits per heavy atom. The van der Waals surface area contributed by atoms with E-state index in [1.807, 2.05) is 22.9 Å². The summed E-state index contributed by atoms with van der Waals surface area (Å²) in [5.41, 5.74) is 3.58. The van der Waals surface area contributed by atoms with E-state index >= 15 is 0 Å². The van der Waals surface area contributed by atoms with Crippen LogP contribution in [0.2, 0.25) is 0 Å². The molecule has 3 aliphatic carbocycles. The maximum Gasteiger partial charge on any atom is 0.250 e. The van der Waals surface area contributed by atoms with Gasteiger partial charge in [-0.3, -0.25) is 4.79 Å². The van der Waals surface area contributed by atoms with Gasteiger partial charge in [-0.05, 0) is 91.0 Å². The number of hydrogen-bond acceptors (Lipinski definition) is 3. The number of rotatable bonds is 5. The van der Waals surface area contributed by atoms with Gasteiger partial charge in [0, 0.05) is 31.4 Å². The molecule has 0 amide bonds. The highest BCUT2D eigenvalue weighted by Gasteiger charge is 2.54. The zero-order valence-electron chi connectivity index (χ0n) is 18.3. The Morgan fingerprint density at radius 3 is 2.90 bits per heavy atom. The van der Waals surface area contributed by atoms with Crippen molar-refractivity contribution in [1.29, 1.82) is 0 Å². The number of fused-ring (bicyclic) bond motifs is 5. The van der Waals surface area contributed by atoms with Gasteiger partial charge >= 0.3 is 0 Å². The van der Waals surface area contributed by atoms with E-state index < -0.39 is 0 Å².